The fraction of sp³-hybridized carbons (Fsp3) is 0.375. The van der Waals surface area contributed by atoms with Crippen LogP contribution in [-0.4, -0.2) is 25.5 Å². The summed E-state index contributed by atoms with van der Waals surface area (Å²) in [4.78, 5) is 22.8. The fourth-order valence-corrected chi connectivity index (χ4v) is 1.68. The first-order chi connectivity index (χ1) is 9.62. The van der Waals surface area contributed by atoms with Gasteiger partial charge in [-0.1, -0.05) is 13.8 Å². The Balaban J connectivity index is 2.60. The average Bonchev–Trinajstić information content (AvgIpc) is 2.50. The van der Waals surface area contributed by atoms with Crippen molar-refractivity contribution in [1.29, 1.82) is 0 Å². The summed E-state index contributed by atoms with van der Waals surface area (Å²) in [5, 5.41) is 0. The van der Waals surface area contributed by atoms with E-state index in [1.807, 2.05) is 13.8 Å². The molecule has 0 amide bonds. The molecule has 0 aromatic heterocycles. The lowest BCUT2D eigenvalue weighted by Gasteiger charge is -2.06. The summed E-state index contributed by atoms with van der Waals surface area (Å²) in [6, 6.07) is 6.98. The number of carbonyl (C=O) groups is 2. The molecule has 0 fully saturated rings. The van der Waals surface area contributed by atoms with E-state index in [4.69, 9.17) is 4.74 Å². The van der Waals surface area contributed by atoms with E-state index < -0.39 is 0 Å². The van der Waals surface area contributed by atoms with Crippen molar-refractivity contribution in [3.8, 4) is 5.75 Å². The van der Waals surface area contributed by atoms with Gasteiger partial charge in [-0.05, 0) is 36.8 Å². The predicted molar refractivity (Wildman–Crippen MR) is 76.9 cm³/mol. The molecule has 1 rings (SSSR count). The molecule has 0 aliphatic carbocycles. The molecule has 108 valence electrons. The molecule has 4 nitrogen and oxygen atoms in total. The number of hydrogen-bond donors (Lipinski definition) is 0. The first-order valence-electron chi connectivity index (χ1n) is 6.65. The molecule has 0 bridgehead atoms. The van der Waals surface area contributed by atoms with Gasteiger partial charge in [0, 0.05) is 17.6 Å². The minimum Gasteiger partial charge on any atom is -0.490 e. The molecule has 0 atom stereocenters. The number of carbonyl (C=O) groups excluding carboxylic acids is 2. The summed E-state index contributed by atoms with van der Waals surface area (Å²) < 4.78 is 10.2. The molecule has 0 aliphatic rings. The quantitative estimate of drug-likeness (QED) is 0.436. The van der Waals surface area contributed by atoms with Crippen molar-refractivity contribution >= 4 is 11.8 Å². The summed E-state index contributed by atoms with van der Waals surface area (Å²) >= 11 is 0. The molecular weight excluding hydrogens is 256 g/mol. The van der Waals surface area contributed by atoms with Crippen LogP contribution in [0.3, 0.4) is 0 Å². The molecule has 1 aromatic rings. The molecule has 0 spiro atoms. The highest BCUT2D eigenvalue weighted by Crippen LogP contribution is 2.14. The largest absolute Gasteiger partial charge is 0.490 e. The number of hydrogen-bond acceptors (Lipinski definition) is 4. The van der Waals surface area contributed by atoms with E-state index in [1.54, 1.807) is 30.3 Å². The Morgan fingerprint density at radius 2 is 1.75 bits per heavy atom. The van der Waals surface area contributed by atoms with Crippen molar-refractivity contribution in [2.45, 2.75) is 26.7 Å². The van der Waals surface area contributed by atoms with Gasteiger partial charge in [-0.2, -0.15) is 0 Å². The Morgan fingerprint density at radius 1 is 1.10 bits per heavy atom. The second-order valence-electron chi connectivity index (χ2n) is 4.19. The van der Waals surface area contributed by atoms with Crippen LogP contribution in [0, 0.1) is 0 Å². The highest BCUT2D eigenvalue weighted by atomic mass is 16.5. The lowest BCUT2D eigenvalue weighted by atomic mass is 10.1. The predicted octanol–water partition coefficient (Wildman–Crippen LogP) is 3.17. The maximum atomic E-state index is 11.5. The molecule has 0 heterocycles. The van der Waals surface area contributed by atoms with Gasteiger partial charge < -0.3 is 9.47 Å². The summed E-state index contributed by atoms with van der Waals surface area (Å²) in [5.41, 5.74) is 1.27. The smallest absolute Gasteiger partial charge is 0.333 e. The van der Waals surface area contributed by atoms with Crippen LogP contribution < -0.4 is 4.74 Å². The third-order valence-corrected chi connectivity index (χ3v) is 2.91. The van der Waals surface area contributed by atoms with Gasteiger partial charge in [0.2, 0.25) is 0 Å². The molecule has 4 heteroatoms. The second-order valence-corrected chi connectivity index (χ2v) is 4.19. The van der Waals surface area contributed by atoms with Crippen molar-refractivity contribution < 1.29 is 19.1 Å². The number of rotatable bonds is 7. The van der Waals surface area contributed by atoms with Crippen LogP contribution in [0.4, 0.5) is 0 Å². The highest BCUT2D eigenvalue weighted by molar-refractivity contribution is 5.95. The highest BCUT2D eigenvalue weighted by Gasteiger charge is 2.06. The number of benzene rings is 1. The maximum Gasteiger partial charge on any atom is 0.333 e. The topological polar surface area (TPSA) is 52.6 Å². The van der Waals surface area contributed by atoms with Gasteiger partial charge in [0.15, 0.2) is 5.78 Å². The van der Waals surface area contributed by atoms with Crippen LogP contribution in [0.15, 0.2) is 35.9 Å². The third kappa shape index (κ3) is 4.53. The van der Waals surface area contributed by atoms with Gasteiger partial charge in [-0.25, -0.2) is 4.79 Å². The molecule has 0 saturated carbocycles. The normalized spacial score (nSPS) is 11.1. The Bertz CT molecular complexity index is 486. The van der Waals surface area contributed by atoms with Crippen LogP contribution in [-0.2, 0) is 9.53 Å². The number of methoxy groups -OCH3 is 1. The Hall–Kier alpha value is -2.10. The van der Waals surface area contributed by atoms with Crippen molar-refractivity contribution in [3.05, 3.63) is 41.5 Å². The van der Waals surface area contributed by atoms with E-state index in [2.05, 4.69) is 4.74 Å². The number of Topliss-reactive ketones (excluding diaryl/α,β-unsaturated/α-hetero) is 1. The summed E-state index contributed by atoms with van der Waals surface area (Å²) in [6.45, 7) is 4.00. The summed E-state index contributed by atoms with van der Waals surface area (Å²) in [6.07, 6.45) is 2.79. The van der Waals surface area contributed by atoms with Gasteiger partial charge in [-0.3, -0.25) is 4.79 Å². The lowest BCUT2D eigenvalue weighted by Crippen LogP contribution is -2.06. The molecule has 20 heavy (non-hydrogen) atoms. The molecule has 0 unspecified atom stereocenters. The van der Waals surface area contributed by atoms with Gasteiger partial charge in [0.05, 0.1) is 7.11 Å². The molecule has 0 radical (unpaired) electrons. The van der Waals surface area contributed by atoms with E-state index in [9.17, 15) is 9.59 Å². The average molecular weight is 276 g/mol. The van der Waals surface area contributed by atoms with E-state index >= 15 is 0 Å². The fourth-order valence-electron chi connectivity index (χ4n) is 1.68. The molecular formula is C16H20O4. The minimum absolute atomic E-state index is 0.107. The van der Waals surface area contributed by atoms with Gasteiger partial charge in [0.1, 0.15) is 12.4 Å². The van der Waals surface area contributed by atoms with E-state index in [-0.39, 0.29) is 11.8 Å². The molecule has 0 N–H and O–H groups in total. The van der Waals surface area contributed by atoms with Gasteiger partial charge in [-0.15, -0.1) is 0 Å². The van der Waals surface area contributed by atoms with Crippen LogP contribution in [0.2, 0.25) is 0 Å². The van der Waals surface area contributed by atoms with Gasteiger partial charge >= 0.3 is 5.97 Å². The second kappa shape index (κ2) is 8.15. The van der Waals surface area contributed by atoms with Crippen LogP contribution in [0.1, 0.15) is 37.0 Å². The minimum atomic E-state index is -0.333. The third-order valence-electron chi connectivity index (χ3n) is 2.91. The van der Waals surface area contributed by atoms with Crippen molar-refractivity contribution in [3.63, 3.8) is 0 Å². The first-order valence-corrected chi connectivity index (χ1v) is 6.65. The number of ether oxygens (including phenoxy) is 2. The Labute approximate surface area is 119 Å². The van der Waals surface area contributed by atoms with Crippen LogP contribution >= 0.6 is 0 Å². The zero-order valence-electron chi connectivity index (χ0n) is 12.1. The Morgan fingerprint density at radius 3 is 2.25 bits per heavy atom. The zero-order valence-corrected chi connectivity index (χ0v) is 12.1. The zero-order chi connectivity index (χ0) is 15.0. The monoisotopic (exact) mass is 276 g/mol. The van der Waals surface area contributed by atoms with Crippen molar-refractivity contribution in [2.24, 2.45) is 0 Å². The first kappa shape index (κ1) is 16.0. The molecule has 0 saturated heterocycles. The number of ketones is 1. The van der Waals surface area contributed by atoms with E-state index in [0.717, 1.165) is 0 Å². The molecule has 0 aliphatic heterocycles. The van der Waals surface area contributed by atoms with Crippen molar-refractivity contribution in [2.75, 3.05) is 13.7 Å². The van der Waals surface area contributed by atoms with Gasteiger partial charge in [0.25, 0.3) is 0 Å². The maximum absolute atomic E-state index is 11.5. The van der Waals surface area contributed by atoms with Crippen LogP contribution in [0.5, 0.6) is 5.75 Å². The molecule has 1 aromatic carbocycles. The van der Waals surface area contributed by atoms with E-state index in [1.165, 1.54) is 7.11 Å². The lowest BCUT2D eigenvalue weighted by molar-refractivity contribution is -0.136. The van der Waals surface area contributed by atoms with E-state index in [0.29, 0.717) is 36.3 Å². The van der Waals surface area contributed by atoms with Crippen molar-refractivity contribution in [1.82, 2.24) is 0 Å². The SMILES string of the molecule is CCC(=O)c1ccc(OCC=C(CC)C(=O)OC)cc1. The summed E-state index contributed by atoms with van der Waals surface area (Å²) in [5.74, 6) is 0.435. The number of esters is 1. The van der Waals surface area contributed by atoms with Crippen LogP contribution in [0.25, 0.3) is 0 Å². The standard InChI is InChI=1S/C16H20O4/c1-4-12(16(18)19-3)10-11-20-14-8-6-13(7-9-14)15(17)5-2/h6-10H,4-5,11H2,1-3H3. The Kier molecular flexibility index (Phi) is 6.50. The summed E-state index contributed by atoms with van der Waals surface area (Å²) in [7, 11) is 1.36.